The van der Waals surface area contributed by atoms with E-state index >= 15 is 0 Å². The quantitative estimate of drug-likeness (QED) is 0.682. The van der Waals surface area contributed by atoms with Gasteiger partial charge in [0, 0.05) is 6.54 Å². The van der Waals surface area contributed by atoms with Crippen molar-refractivity contribution in [1.29, 1.82) is 0 Å². The van der Waals surface area contributed by atoms with Crippen molar-refractivity contribution in [1.82, 2.24) is 4.90 Å². The van der Waals surface area contributed by atoms with Gasteiger partial charge in [0.05, 0.1) is 18.7 Å². The Morgan fingerprint density at radius 1 is 1.56 bits per heavy atom. The molecule has 0 fully saturated rings. The van der Waals surface area contributed by atoms with Crippen LogP contribution in [0.3, 0.4) is 0 Å². The molecule has 0 aliphatic carbocycles. The highest BCUT2D eigenvalue weighted by atomic mass is 19.3. The van der Waals surface area contributed by atoms with Crippen molar-refractivity contribution < 1.29 is 18.7 Å². The highest BCUT2D eigenvalue weighted by molar-refractivity contribution is 5.85. The van der Waals surface area contributed by atoms with E-state index in [4.69, 9.17) is 10.8 Å². The van der Waals surface area contributed by atoms with E-state index in [2.05, 4.69) is 0 Å². The molecule has 0 aliphatic heterocycles. The van der Waals surface area contributed by atoms with Crippen molar-refractivity contribution in [2.45, 2.75) is 38.7 Å². The fraction of sp³-hybridized carbons (Fsp3) is 0.900. The highest BCUT2D eigenvalue weighted by Gasteiger charge is 2.32. The normalized spacial score (nSPS) is 14.9. The molecule has 1 atom stereocenters. The number of nitrogens with zero attached hydrogens (tertiary/aromatic N) is 1. The smallest absolute Gasteiger partial charge is 0.255 e. The number of hydrogen-bond acceptors (Lipinski definition) is 3. The van der Waals surface area contributed by atoms with Gasteiger partial charge in [-0.15, -0.1) is 0 Å². The molecule has 0 aromatic carbocycles. The van der Waals surface area contributed by atoms with Gasteiger partial charge in [-0.1, -0.05) is 13.3 Å². The lowest BCUT2D eigenvalue weighted by Gasteiger charge is -2.31. The molecule has 6 heteroatoms. The summed E-state index contributed by atoms with van der Waals surface area (Å²) in [7, 11) is 0. The molecule has 0 aliphatic rings. The molecule has 0 bridgehead atoms. The van der Waals surface area contributed by atoms with Crippen LogP contribution in [0, 0.1) is 0 Å². The lowest BCUT2D eigenvalue weighted by atomic mass is 9.95. The molecular formula is C10H20F2N2O2. The Kier molecular flexibility index (Phi) is 6.43. The number of hydrogen-bond donors (Lipinski definition) is 2. The van der Waals surface area contributed by atoms with Crippen molar-refractivity contribution in [3.63, 3.8) is 0 Å². The summed E-state index contributed by atoms with van der Waals surface area (Å²) >= 11 is 0. The molecule has 0 radical (unpaired) electrons. The molecule has 0 rings (SSSR count). The zero-order valence-corrected chi connectivity index (χ0v) is 9.75. The average molecular weight is 238 g/mol. The molecular weight excluding hydrogens is 218 g/mol. The average Bonchev–Trinajstić information content (AvgIpc) is 2.15. The van der Waals surface area contributed by atoms with Crippen molar-refractivity contribution in [2.24, 2.45) is 5.73 Å². The van der Waals surface area contributed by atoms with Gasteiger partial charge in [-0.3, -0.25) is 4.79 Å². The molecule has 96 valence electrons. The van der Waals surface area contributed by atoms with Crippen LogP contribution in [0.4, 0.5) is 8.78 Å². The van der Waals surface area contributed by atoms with Crippen molar-refractivity contribution in [3.05, 3.63) is 0 Å². The van der Waals surface area contributed by atoms with E-state index in [1.54, 1.807) is 0 Å². The third kappa shape index (κ3) is 4.85. The molecule has 4 nitrogen and oxygen atoms in total. The van der Waals surface area contributed by atoms with Gasteiger partial charge in [0.1, 0.15) is 0 Å². The number of aliphatic hydroxyl groups is 1. The maximum atomic E-state index is 12.2. The largest absolute Gasteiger partial charge is 0.395 e. The summed E-state index contributed by atoms with van der Waals surface area (Å²) in [5, 5.41) is 8.71. The SMILES string of the molecule is CCCC(C)(N)C(=O)N(CCO)CC(F)F. The van der Waals surface area contributed by atoms with Gasteiger partial charge in [0.25, 0.3) is 6.43 Å². The molecule has 16 heavy (non-hydrogen) atoms. The van der Waals surface area contributed by atoms with Crippen LogP contribution < -0.4 is 5.73 Å². The van der Waals surface area contributed by atoms with Gasteiger partial charge < -0.3 is 15.7 Å². The molecule has 1 amide bonds. The molecule has 0 aromatic rings. The molecule has 0 saturated heterocycles. The molecule has 0 saturated carbocycles. The maximum absolute atomic E-state index is 12.2. The summed E-state index contributed by atoms with van der Waals surface area (Å²) in [6.07, 6.45) is -1.50. The zero-order valence-electron chi connectivity index (χ0n) is 9.75. The lowest BCUT2D eigenvalue weighted by molar-refractivity contribution is -0.139. The van der Waals surface area contributed by atoms with E-state index in [1.165, 1.54) is 6.92 Å². The number of alkyl halides is 2. The number of amides is 1. The van der Waals surface area contributed by atoms with E-state index in [9.17, 15) is 13.6 Å². The molecule has 3 N–H and O–H groups in total. The van der Waals surface area contributed by atoms with Crippen molar-refractivity contribution in [2.75, 3.05) is 19.7 Å². The second kappa shape index (κ2) is 6.75. The minimum absolute atomic E-state index is 0.111. The number of aliphatic hydroxyl groups excluding tert-OH is 1. The molecule has 1 unspecified atom stereocenters. The Balaban J connectivity index is 4.58. The van der Waals surface area contributed by atoms with E-state index in [0.717, 1.165) is 4.90 Å². The molecule has 0 spiro atoms. The van der Waals surface area contributed by atoms with Crippen LogP contribution in [0.15, 0.2) is 0 Å². The van der Waals surface area contributed by atoms with Crippen LogP contribution in [-0.2, 0) is 4.79 Å². The van der Waals surface area contributed by atoms with Crippen LogP contribution in [0.1, 0.15) is 26.7 Å². The monoisotopic (exact) mass is 238 g/mol. The third-order valence-corrected chi connectivity index (χ3v) is 2.27. The first kappa shape index (κ1) is 15.2. The first-order valence-corrected chi connectivity index (χ1v) is 5.32. The Bertz CT molecular complexity index is 223. The van der Waals surface area contributed by atoms with Gasteiger partial charge in [-0.05, 0) is 13.3 Å². The maximum Gasteiger partial charge on any atom is 0.255 e. The van der Waals surface area contributed by atoms with E-state index in [-0.39, 0.29) is 13.2 Å². The second-order valence-corrected chi connectivity index (χ2v) is 4.03. The van der Waals surface area contributed by atoms with Crippen LogP contribution in [-0.4, -0.2) is 47.6 Å². The minimum Gasteiger partial charge on any atom is -0.395 e. The van der Waals surface area contributed by atoms with Gasteiger partial charge in [0.2, 0.25) is 5.91 Å². The van der Waals surface area contributed by atoms with Crippen LogP contribution in [0.25, 0.3) is 0 Å². The standard InChI is InChI=1S/C10H20F2N2O2/c1-3-4-10(2,13)9(16)14(5-6-15)7-8(11)12/h8,15H,3-7,13H2,1-2H3. The van der Waals surface area contributed by atoms with E-state index in [0.29, 0.717) is 12.8 Å². The Morgan fingerprint density at radius 3 is 2.50 bits per heavy atom. The molecule has 0 aromatic heterocycles. The third-order valence-electron chi connectivity index (χ3n) is 2.27. The fourth-order valence-corrected chi connectivity index (χ4v) is 1.55. The fourth-order valence-electron chi connectivity index (χ4n) is 1.55. The number of carbonyl (C=O) groups is 1. The van der Waals surface area contributed by atoms with Gasteiger partial charge >= 0.3 is 0 Å². The van der Waals surface area contributed by atoms with Crippen LogP contribution in [0.5, 0.6) is 0 Å². The number of rotatable bonds is 7. The summed E-state index contributed by atoms with van der Waals surface area (Å²) in [4.78, 5) is 12.8. The number of nitrogens with two attached hydrogens (primary N) is 1. The Labute approximate surface area is 94.4 Å². The lowest BCUT2D eigenvalue weighted by Crippen LogP contribution is -2.54. The summed E-state index contributed by atoms with van der Waals surface area (Å²) in [5.74, 6) is -0.538. The topological polar surface area (TPSA) is 66.6 Å². The second-order valence-electron chi connectivity index (χ2n) is 4.03. The zero-order chi connectivity index (χ0) is 12.8. The number of carbonyl (C=O) groups excluding carboxylic acids is 1. The first-order chi connectivity index (χ1) is 7.35. The highest BCUT2D eigenvalue weighted by Crippen LogP contribution is 2.13. The predicted octanol–water partition coefficient (Wildman–Crippen LogP) is 0.590. The molecule has 0 heterocycles. The van der Waals surface area contributed by atoms with Crippen LogP contribution in [0.2, 0.25) is 0 Å². The summed E-state index contributed by atoms with van der Waals surface area (Å²) in [5.41, 5.74) is 4.62. The van der Waals surface area contributed by atoms with Crippen molar-refractivity contribution in [3.8, 4) is 0 Å². The van der Waals surface area contributed by atoms with Crippen molar-refractivity contribution >= 4 is 5.91 Å². The summed E-state index contributed by atoms with van der Waals surface area (Å²) in [6.45, 7) is 2.24. The van der Waals surface area contributed by atoms with Gasteiger partial charge in [0.15, 0.2) is 0 Å². The number of halogens is 2. The predicted molar refractivity (Wildman–Crippen MR) is 57.2 cm³/mol. The first-order valence-electron chi connectivity index (χ1n) is 5.32. The van der Waals surface area contributed by atoms with Gasteiger partial charge in [-0.2, -0.15) is 0 Å². The summed E-state index contributed by atoms with van der Waals surface area (Å²) in [6, 6.07) is 0. The van der Waals surface area contributed by atoms with E-state index in [1.807, 2.05) is 6.92 Å². The van der Waals surface area contributed by atoms with Gasteiger partial charge in [-0.25, -0.2) is 8.78 Å². The Morgan fingerprint density at radius 2 is 2.12 bits per heavy atom. The summed E-state index contributed by atoms with van der Waals surface area (Å²) < 4.78 is 24.5. The Hall–Kier alpha value is -0.750. The van der Waals surface area contributed by atoms with E-state index < -0.39 is 24.4 Å². The van der Waals surface area contributed by atoms with Crippen LogP contribution >= 0.6 is 0 Å². The minimum atomic E-state index is -2.62.